The molecule has 0 aliphatic rings. The van der Waals surface area contributed by atoms with Gasteiger partial charge in [-0.05, 0) is 31.2 Å². The molecule has 0 bridgehead atoms. The molecule has 1 N–H and O–H groups in total. The Morgan fingerprint density at radius 2 is 1.82 bits per heavy atom. The number of amides is 1. The fraction of sp³-hybridized carbons (Fsp3) is 0.143. The van der Waals surface area contributed by atoms with Crippen molar-refractivity contribution in [2.24, 2.45) is 0 Å². The highest BCUT2D eigenvalue weighted by Crippen LogP contribution is 2.20. The third kappa shape index (κ3) is 3.53. The van der Waals surface area contributed by atoms with Gasteiger partial charge < -0.3 is 13.9 Å². The first kappa shape index (κ1) is 15.8. The average molecular weight is 323 g/mol. The molecule has 7 nitrogen and oxygen atoms in total. The summed E-state index contributed by atoms with van der Waals surface area (Å²) in [7, 11) is -4.18. The number of benzene rings is 1. The van der Waals surface area contributed by atoms with Crippen molar-refractivity contribution >= 4 is 21.7 Å². The molecule has 0 aliphatic heterocycles. The zero-order valence-electron chi connectivity index (χ0n) is 11.8. The number of aryl methyl sites for hydroxylation is 1. The van der Waals surface area contributed by atoms with Gasteiger partial charge in [-0.25, -0.2) is 0 Å². The largest absolute Gasteiger partial charge is 0.465 e. The maximum Gasteiger partial charge on any atom is 0.339 e. The van der Waals surface area contributed by atoms with Gasteiger partial charge in [-0.1, -0.05) is 0 Å². The summed E-state index contributed by atoms with van der Waals surface area (Å²) >= 11 is 0. The summed E-state index contributed by atoms with van der Waals surface area (Å²) in [5.74, 6) is -0.594. The lowest BCUT2D eigenvalue weighted by atomic mass is 10.3. The van der Waals surface area contributed by atoms with Crippen LogP contribution in [0.15, 0.2) is 50.7 Å². The molecule has 0 radical (unpaired) electrons. The van der Waals surface area contributed by atoms with E-state index in [-0.39, 0.29) is 22.3 Å². The Bertz CT molecular complexity index is 852. The Balaban J connectivity index is 2.31. The fourth-order valence-corrected chi connectivity index (χ4v) is 2.65. The maximum atomic E-state index is 12.1. The van der Waals surface area contributed by atoms with E-state index in [4.69, 9.17) is 8.60 Å². The van der Waals surface area contributed by atoms with E-state index in [1.165, 1.54) is 38.1 Å². The highest BCUT2D eigenvalue weighted by Gasteiger charge is 2.20. The minimum Gasteiger partial charge on any atom is -0.465 e. The smallest absolute Gasteiger partial charge is 0.339 e. The van der Waals surface area contributed by atoms with Crippen LogP contribution in [0, 0.1) is 6.92 Å². The van der Waals surface area contributed by atoms with E-state index in [0.29, 0.717) is 5.69 Å². The van der Waals surface area contributed by atoms with Crippen LogP contribution in [0.1, 0.15) is 12.7 Å². The lowest BCUT2D eigenvalue weighted by Gasteiger charge is -2.08. The van der Waals surface area contributed by atoms with Crippen molar-refractivity contribution in [2.45, 2.75) is 18.7 Å². The molecule has 0 fully saturated rings. The number of hydrogen-bond acceptors (Lipinski definition) is 6. The van der Waals surface area contributed by atoms with Crippen LogP contribution in [0.4, 0.5) is 5.69 Å². The van der Waals surface area contributed by atoms with Gasteiger partial charge in [-0.2, -0.15) is 8.42 Å². The first-order valence-electron chi connectivity index (χ1n) is 6.20. The first-order valence-corrected chi connectivity index (χ1v) is 7.61. The number of hydrogen-bond donors (Lipinski definition) is 1. The van der Waals surface area contributed by atoms with Crippen LogP contribution in [0.25, 0.3) is 0 Å². The summed E-state index contributed by atoms with van der Waals surface area (Å²) in [4.78, 5) is 22.4. The normalized spacial score (nSPS) is 11.0. The van der Waals surface area contributed by atoms with Gasteiger partial charge in [0.2, 0.25) is 17.1 Å². The molecule has 0 saturated heterocycles. The van der Waals surface area contributed by atoms with Crippen LogP contribution < -0.4 is 14.9 Å². The van der Waals surface area contributed by atoms with Gasteiger partial charge in [0.25, 0.3) is 0 Å². The summed E-state index contributed by atoms with van der Waals surface area (Å²) in [6.07, 6.45) is 1.15. The highest BCUT2D eigenvalue weighted by molar-refractivity contribution is 7.87. The molecule has 1 heterocycles. The molecular formula is C14H13NO6S. The molecule has 1 aromatic heterocycles. The summed E-state index contributed by atoms with van der Waals surface area (Å²) in [5, 5.41) is 2.51. The van der Waals surface area contributed by atoms with Crippen LogP contribution in [-0.2, 0) is 14.9 Å². The van der Waals surface area contributed by atoms with E-state index >= 15 is 0 Å². The van der Waals surface area contributed by atoms with E-state index in [1.54, 1.807) is 0 Å². The minimum absolute atomic E-state index is 0.0611. The van der Waals surface area contributed by atoms with Crippen molar-refractivity contribution in [1.82, 2.24) is 0 Å². The second-order valence-electron chi connectivity index (χ2n) is 4.41. The number of carbonyl (C=O) groups excluding carboxylic acids is 1. The molecule has 0 spiro atoms. The van der Waals surface area contributed by atoms with Crippen molar-refractivity contribution < 1.29 is 21.8 Å². The maximum absolute atomic E-state index is 12.1. The van der Waals surface area contributed by atoms with Gasteiger partial charge >= 0.3 is 10.1 Å². The van der Waals surface area contributed by atoms with Gasteiger partial charge in [-0.3, -0.25) is 9.59 Å². The molecule has 8 heteroatoms. The van der Waals surface area contributed by atoms with E-state index in [1.807, 2.05) is 0 Å². The van der Waals surface area contributed by atoms with Crippen molar-refractivity contribution in [2.75, 3.05) is 5.32 Å². The van der Waals surface area contributed by atoms with Gasteiger partial charge in [0.05, 0.1) is 6.26 Å². The summed E-state index contributed by atoms with van der Waals surface area (Å²) in [5.41, 5.74) is -0.149. The Labute approximate surface area is 126 Å². The van der Waals surface area contributed by atoms with Crippen molar-refractivity contribution in [3.05, 3.63) is 52.6 Å². The highest BCUT2D eigenvalue weighted by atomic mass is 32.2. The van der Waals surface area contributed by atoms with Gasteiger partial charge in [0.15, 0.2) is 0 Å². The average Bonchev–Trinajstić information content (AvgIpc) is 2.43. The lowest BCUT2D eigenvalue weighted by molar-refractivity contribution is -0.114. The van der Waals surface area contributed by atoms with Crippen LogP contribution in [0.2, 0.25) is 0 Å². The molecule has 0 aliphatic carbocycles. The second-order valence-corrected chi connectivity index (χ2v) is 5.96. The quantitative estimate of drug-likeness (QED) is 0.859. The molecule has 0 saturated carbocycles. The molecule has 1 aromatic carbocycles. The molecule has 22 heavy (non-hydrogen) atoms. The van der Waals surface area contributed by atoms with Crippen LogP contribution in [0.3, 0.4) is 0 Å². The lowest BCUT2D eigenvalue weighted by Crippen LogP contribution is -2.16. The SMILES string of the molecule is CC(=O)Nc1ccc(S(=O)(=O)Oc2c(C)occc2=O)cc1. The number of nitrogens with one attached hydrogen (secondary N) is 1. The van der Waals surface area contributed by atoms with Gasteiger partial charge in [0.1, 0.15) is 10.7 Å². The third-order valence-electron chi connectivity index (χ3n) is 2.66. The summed E-state index contributed by atoms with van der Waals surface area (Å²) in [6, 6.07) is 6.43. The Morgan fingerprint density at radius 1 is 1.18 bits per heavy atom. The third-order valence-corrected chi connectivity index (χ3v) is 3.90. The Kier molecular flexibility index (Phi) is 4.32. The van der Waals surface area contributed by atoms with Crippen LogP contribution >= 0.6 is 0 Å². The monoisotopic (exact) mass is 323 g/mol. The summed E-state index contributed by atoms with van der Waals surface area (Å²) in [6.45, 7) is 2.76. The van der Waals surface area contributed by atoms with E-state index < -0.39 is 15.5 Å². The van der Waals surface area contributed by atoms with Gasteiger partial charge in [-0.15, -0.1) is 0 Å². The van der Waals surface area contributed by atoms with E-state index in [0.717, 1.165) is 12.3 Å². The van der Waals surface area contributed by atoms with Crippen molar-refractivity contribution in [3.63, 3.8) is 0 Å². The molecular weight excluding hydrogens is 310 g/mol. The predicted octanol–water partition coefficient (Wildman–Crippen LogP) is 1.67. The van der Waals surface area contributed by atoms with Crippen LogP contribution in [-0.4, -0.2) is 14.3 Å². The van der Waals surface area contributed by atoms with E-state index in [2.05, 4.69) is 5.32 Å². The zero-order valence-corrected chi connectivity index (χ0v) is 12.6. The summed E-state index contributed by atoms with van der Waals surface area (Å²) < 4.78 is 34.1. The van der Waals surface area contributed by atoms with Crippen LogP contribution in [0.5, 0.6) is 5.75 Å². The fourth-order valence-electron chi connectivity index (χ4n) is 1.67. The Morgan fingerprint density at radius 3 is 2.36 bits per heavy atom. The predicted molar refractivity (Wildman–Crippen MR) is 78.3 cm³/mol. The van der Waals surface area contributed by atoms with Crippen molar-refractivity contribution in [3.8, 4) is 5.75 Å². The van der Waals surface area contributed by atoms with E-state index in [9.17, 15) is 18.0 Å². The number of anilines is 1. The first-order chi connectivity index (χ1) is 10.3. The van der Waals surface area contributed by atoms with Gasteiger partial charge in [0, 0.05) is 18.7 Å². The molecule has 1 amide bonds. The minimum atomic E-state index is -4.18. The number of carbonyl (C=O) groups is 1. The molecule has 2 aromatic rings. The second kappa shape index (κ2) is 6.02. The zero-order chi connectivity index (χ0) is 16.3. The standard InChI is InChI=1S/C14H13NO6S/c1-9-14(13(17)7-8-20-9)21-22(18,19)12-5-3-11(4-6-12)15-10(2)16/h3-8H,1-2H3,(H,15,16). The molecule has 0 unspecified atom stereocenters. The topological polar surface area (TPSA) is 103 Å². The molecule has 2 rings (SSSR count). The number of rotatable bonds is 4. The van der Waals surface area contributed by atoms with Crippen molar-refractivity contribution in [1.29, 1.82) is 0 Å². The Hall–Kier alpha value is -2.61. The molecule has 116 valence electrons. The molecule has 0 atom stereocenters.